The monoisotopic (exact) mass is 738 g/mol. The van der Waals surface area contributed by atoms with Crippen molar-refractivity contribution >= 4 is 0 Å². The fourth-order valence-electron chi connectivity index (χ4n) is 8.21. The number of hydrogen-bond donors (Lipinski definition) is 0. The number of aryl methyl sites for hydroxylation is 2. The van der Waals surface area contributed by atoms with Gasteiger partial charge in [0.2, 0.25) is 0 Å². The van der Waals surface area contributed by atoms with E-state index in [0.717, 1.165) is 46.9 Å². The zero-order valence-corrected chi connectivity index (χ0v) is 34.2. The minimum absolute atomic E-state index is 0.181. The SMILES string of the molecule is CCCCc1ccc(-c2ccc(C#C[C@H]3CC[C@H](CC)CC3)cc2F)cc1.CCCCc1ccc(-c2ccc(C#C[C@H]3CC[C@H](CCC)CC3)cc2F)cc1. The van der Waals surface area contributed by atoms with E-state index in [2.05, 4.69) is 75.6 Å². The molecule has 0 nitrogen and oxygen atoms in total. The Bertz CT molecular complexity index is 1860. The Morgan fingerprint density at radius 2 is 0.909 bits per heavy atom. The van der Waals surface area contributed by atoms with Crippen molar-refractivity contribution in [1.29, 1.82) is 0 Å². The molecule has 0 N–H and O–H groups in total. The van der Waals surface area contributed by atoms with Crippen molar-refractivity contribution < 1.29 is 8.78 Å². The third kappa shape index (κ3) is 13.2. The summed E-state index contributed by atoms with van der Waals surface area (Å²) in [5, 5.41) is 0. The maximum absolute atomic E-state index is 14.7. The average molecular weight is 739 g/mol. The van der Waals surface area contributed by atoms with Gasteiger partial charge in [0.15, 0.2) is 0 Å². The van der Waals surface area contributed by atoms with Crippen molar-refractivity contribution in [2.24, 2.45) is 23.7 Å². The minimum Gasteiger partial charge on any atom is -0.206 e. The Labute approximate surface area is 333 Å². The highest BCUT2D eigenvalue weighted by Crippen LogP contribution is 2.32. The van der Waals surface area contributed by atoms with Gasteiger partial charge < -0.3 is 0 Å². The standard InChI is InChI=1S/C27H33F.C26H31F/c1-3-5-7-22-14-17-25(18-15-22)26-19-16-24(20-27(26)28)13-12-23-10-8-21(6-4-2)9-11-23;1-3-5-6-21-13-16-24(17-14-21)25-18-15-23(19-26(25)27)12-11-22-9-7-20(4-2)8-10-22/h14-21,23H,3-11H2,1-2H3;13-20,22H,3-10H2,1-2H3/t21-,23-;20-,22-. The molecule has 0 saturated heterocycles. The Balaban J connectivity index is 0.000000211. The largest absolute Gasteiger partial charge is 0.206 e. The van der Waals surface area contributed by atoms with Crippen LogP contribution in [0.2, 0.25) is 0 Å². The highest BCUT2D eigenvalue weighted by molar-refractivity contribution is 5.66. The second-order valence-electron chi connectivity index (χ2n) is 16.2. The summed E-state index contributed by atoms with van der Waals surface area (Å²) in [6, 6.07) is 27.4. The second kappa shape index (κ2) is 22.4. The van der Waals surface area contributed by atoms with Gasteiger partial charge in [-0.3, -0.25) is 0 Å². The van der Waals surface area contributed by atoms with Gasteiger partial charge in [-0.05, 0) is 135 Å². The van der Waals surface area contributed by atoms with E-state index < -0.39 is 0 Å². The molecule has 2 aliphatic carbocycles. The molecule has 6 rings (SSSR count). The third-order valence-electron chi connectivity index (χ3n) is 11.9. The Morgan fingerprint density at radius 1 is 0.491 bits per heavy atom. The summed E-state index contributed by atoms with van der Waals surface area (Å²) in [5.74, 6) is 15.6. The quantitative estimate of drug-likeness (QED) is 0.134. The number of benzene rings is 4. The predicted octanol–water partition coefficient (Wildman–Crippen LogP) is 15.2. The molecule has 0 aromatic heterocycles. The van der Waals surface area contributed by atoms with Crippen molar-refractivity contribution in [3.8, 4) is 45.9 Å². The van der Waals surface area contributed by atoms with Crippen LogP contribution in [0, 0.1) is 59.0 Å². The van der Waals surface area contributed by atoms with Crippen LogP contribution >= 0.6 is 0 Å². The summed E-state index contributed by atoms with van der Waals surface area (Å²) in [6.45, 7) is 8.95. The molecule has 0 unspecified atom stereocenters. The number of hydrogen-bond acceptors (Lipinski definition) is 0. The molecule has 2 saturated carbocycles. The summed E-state index contributed by atoms with van der Waals surface area (Å²) >= 11 is 0. The summed E-state index contributed by atoms with van der Waals surface area (Å²) in [7, 11) is 0. The molecule has 4 aromatic rings. The number of halogens is 2. The van der Waals surface area contributed by atoms with Crippen molar-refractivity contribution in [2.45, 2.75) is 137 Å². The molecular weight excluding hydrogens is 675 g/mol. The highest BCUT2D eigenvalue weighted by atomic mass is 19.1. The van der Waals surface area contributed by atoms with E-state index in [1.807, 2.05) is 48.5 Å². The van der Waals surface area contributed by atoms with Crippen molar-refractivity contribution in [3.63, 3.8) is 0 Å². The van der Waals surface area contributed by atoms with Gasteiger partial charge in [-0.1, -0.05) is 144 Å². The molecule has 0 heterocycles. The summed E-state index contributed by atoms with van der Waals surface area (Å²) in [5.41, 5.74) is 7.41. The lowest BCUT2D eigenvalue weighted by atomic mass is 9.80. The van der Waals surface area contributed by atoms with E-state index in [9.17, 15) is 8.78 Å². The summed E-state index contributed by atoms with van der Waals surface area (Å²) < 4.78 is 29.3. The first kappa shape index (κ1) is 42.0. The highest BCUT2D eigenvalue weighted by Gasteiger charge is 2.19. The van der Waals surface area contributed by atoms with Crippen LogP contribution in [0.5, 0.6) is 0 Å². The Hall–Kier alpha value is -4.14. The lowest BCUT2D eigenvalue weighted by Gasteiger charge is -2.25. The molecule has 0 amide bonds. The van der Waals surface area contributed by atoms with E-state index in [-0.39, 0.29) is 11.6 Å². The fourth-order valence-corrected chi connectivity index (χ4v) is 8.21. The molecule has 2 fully saturated rings. The van der Waals surface area contributed by atoms with Gasteiger partial charge >= 0.3 is 0 Å². The lowest BCUT2D eigenvalue weighted by Crippen LogP contribution is -2.13. The maximum Gasteiger partial charge on any atom is 0.132 e. The molecular formula is C53H64F2. The zero-order chi connectivity index (χ0) is 38.8. The van der Waals surface area contributed by atoms with E-state index in [0.29, 0.717) is 23.0 Å². The van der Waals surface area contributed by atoms with Crippen molar-refractivity contribution in [1.82, 2.24) is 0 Å². The van der Waals surface area contributed by atoms with Gasteiger partial charge in [-0.25, -0.2) is 8.78 Å². The molecule has 0 radical (unpaired) electrons. The van der Waals surface area contributed by atoms with Crippen LogP contribution in [0.3, 0.4) is 0 Å². The van der Waals surface area contributed by atoms with E-state index in [4.69, 9.17) is 0 Å². The van der Waals surface area contributed by atoms with E-state index in [1.54, 1.807) is 12.1 Å². The van der Waals surface area contributed by atoms with Crippen LogP contribution in [0.15, 0.2) is 84.9 Å². The van der Waals surface area contributed by atoms with Crippen molar-refractivity contribution in [2.75, 3.05) is 0 Å². The maximum atomic E-state index is 14.7. The molecule has 4 aromatic carbocycles. The van der Waals surface area contributed by atoms with Gasteiger partial charge in [0, 0.05) is 34.1 Å². The van der Waals surface area contributed by atoms with Gasteiger partial charge in [0.25, 0.3) is 0 Å². The molecule has 290 valence electrons. The smallest absolute Gasteiger partial charge is 0.132 e. The van der Waals surface area contributed by atoms with Crippen molar-refractivity contribution in [3.05, 3.63) is 119 Å². The third-order valence-corrected chi connectivity index (χ3v) is 11.9. The molecule has 2 heteroatoms. The molecule has 0 bridgehead atoms. The molecule has 0 atom stereocenters. The first-order valence-corrected chi connectivity index (χ1v) is 21.7. The van der Waals surface area contributed by atoms with Crippen LogP contribution in [-0.2, 0) is 12.8 Å². The van der Waals surface area contributed by atoms with Crippen LogP contribution in [0.25, 0.3) is 22.3 Å². The summed E-state index contributed by atoms with van der Waals surface area (Å²) in [4.78, 5) is 0. The van der Waals surface area contributed by atoms with Crippen LogP contribution < -0.4 is 0 Å². The van der Waals surface area contributed by atoms with Gasteiger partial charge in [0.05, 0.1) is 0 Å². The minimum atomic E-state index is -0.183. The van der Waals surface area contributed by atoms with E-state index >= 15 is 0 Å². The van der Waals surface area contributed by atoms with Crippen LogP contribution in [0.4, 0.5) is 8.78 Å². The van der Waals surface area contributed by atoms with Gasteiger partial charge in [-0.15, -0.1) is 0 Å². The molecule has 55 heavy (non-hydrogen) atoms. The zero-order valence-electron chi connectivity index (χ0n) is 34.2. The first-order valence-electron chi connectivity index (χ1n) is 21.7. The van der Waals surface area contributed by atoms with Crippen LogP contribution in [0.1, 0.15) is 146 Å². The average Bonchev–Trinajstić information content (AvgIpc) is 3.22. The Morgan fingerprint density at radius 3 is 1.27 bits per heavy atom. The lowest BCUT2D eigenvalue weighted by molar-refractivity contribution is 0.300. The van der Waals surface area contributed by atoms with Gasteiger partial charge in [0.1, 0.15) is 11.6 Å². The number of rotatable bonds is 11. The van der Waals surface area contributed by atoms with Gasteiger partial charge in [-0.2, -0.15) is 0 Å². The summed E-state index contributed by atoms with van der Waals surface area (Å²) in [6.07, 6.45) is 20.8. The first-order chi connectivity index (χ1) is 26.9. The topological polar surface area (TPSA) is 0 Å². The second-order valence-corrected chi connectivity index (χ2v) is 16.2. The normalized spacial score (nSPS) is 19.2. The molecule has 2 aliphatic rings. The number of unbranched alkanes of at least 4 members (excludes halogenated alkanes) is 2. The Kier molecular flexibility index (Phi) is 17.1. The van der Waals surface area contributed by atoms with E-state index in [1.165, 1.54) is 107 Å². The predicted molar refractivity (Wildman–Crippen MR) is 231 cm³/mol. The fraction of sp³-hybridized carbons (Fsp3) is 0.472. The van der Waals surface area contributed by atoms with Crippen LogP contribution in [-0.4, -0.2) is 0 Å². The molecule has 0 spiro atoms. The molecule has 0 aliphatic heterocycles.